The highest BCUT2D eigenvalue weighted by Crippen LogP contribution is 2.14. The minimum atomic E-state index is 1.05. The van der Waals surface area contributed by atoms with Gasteiger partial charge in [0.2, 0.25) is 0 Å². The molecule has 0 heterocycles. The van der Waals surface area contributed by atoms with Gasteiger partial charge in [0, 0.05) is 0 Å². The van der Waals surface area contributed by atoms with E-state index in [2.05, 4.69) is 30.8 Å². The molecule has 0 unspecified atom stereocenters. The minimum Gasteiger partial charge on any atom is -0.0984 e. The van der Waals surface area contributed by atoms with Crippen molar-refractivity contribution in [3.8, 4) is 0 Å². The largest absolute Gasteiger partial charge is 0.0984 e. The lowest BCUT2D eigenvalue weighted by Crippen LogP contribution is -1.74. The molecule has 2 rings (SSSR count). The Morgan fingerprint density at radius 2 is 1.92 bits per heavy atom. The minimum absolute atomic E-state index is 1.05. The van der Waals surface area contributed by atoms with Gasteiger partial charge in [0.1, 0.15) is 0 Å². The Kier molecular flexibility index (Phi) is 1.67. The maximum absolute atomic E-state index is 3.71. The Bertz CT molecular complexity index is 413. The summed E-state index contributed by atoms with van der Waals surface area (Å²) in [6, 6.07) is 15.6. The van der Waals surface area contributed by atoms with Crippen LogP contribution in [0.4, 0.5) is 0 Å². The van der Waals surface area contributed by atoms with Gasteiger partial charge in [0.05, 0.1) is 0 Å². The van der Waals surface area contributed by atoms with Gasteiger partial charge in [-0.15, -0.1) is 0 Å². The lowest BCUT2D eigenvalue weighted by molar-refractivity contribution is 1.70. The number of hydrogen-bond acceptors (Lipinski definition) is 0. The van der Waals surface area contributed by atoms with Crippen LogP contribution in [0.5, 0.6) is 0 Å². The quantitative estimate of drug-likeness (QED) is 0.589. The van der Waals surface area contributed by atoms with Gasteiger partial charge in [-0.1, -0.05) is 49.1 Å². The molecular formula is C12H9. The molecule has 12 heavy (non-hydrogen) atoms. The Hall–Kier alpha value is -1.56. The van der Waals surface area contributed by atoms with E-state index in [1.807, 2.05) is 24.3 Å². The van der Waals surface area contributed by atoms with Crippen LogP contribution in [0, 0.1) is 6.07 Å². The van der Waals surface area contributed by atoms with E-state index >= 15 is 0 Å². The van der Waals surface area contributed by atoms with E-state index < -0.39 is 0 Å². The predicted octanol–water partition coefficient (Wildman–Crippen LogP) is 3.28. The number of benzene rings is 2. The summed E-state index contributed by atoms with van der Waals surface area (Å²) >= 11 is 0. The van der Waals surface area contributed by atoms with E-state index in [1.54, 1.807) is 0 Å². The van der Waals surface area contributed by atoms with Crippen LogP contribution in [0.3, 0.4) is 0 Å². The van der Waals surface area contributed by atoms with Gasteiger partial charge < -0.3 is 0 Å². The highest BCUT2D eigenvalue weighted by atomic mass is 14.0. The summed E-state index contributed by atoms with van der Waals surface area (Å²) in [5.41, 5.74) is 1.05. The topological polar surface area (TPSA) is 0 Å². The van der Waals surface area contributed by atoms with Crippen LogP contribution in [-0.4, -0.2) is 0 Å². The molecule has 0 N–H and O–H groups in total. The van der Waals surface area contributed by atoms with E-state index in [4.69, 9.17) is 0 Å². The molecule has 0 aliphatic heterocycles. The van der Waals surface area contributed by atoms with Crippen LogP contribution in [-0.2, 0) is 0 Å². The molecule has 0 amide bonds. The Labute approximate surface area is 72.2 Å². The van der Waals surface area contributed by atoms with Crippen molar-refractivity contribution in [2.24, 2.45) is 0 Å². The average molecular weight is 153 g/mol. The van der Waals surface area contributed by atoms with Gasteiger partial charge in [-0.25, -0.2) is 0 Å². The molecule has 2 aromatic carbocycles. The molecule has 0 saturated heterocycles. The molecular weight excluding hydrogens is 144 g/mol. The maximum Gasteiger partial charge on any atom is -0.00208 e. The standard InChI is InChI=1S/C12H9/c1-2-10-7-8-11-5-3-4-6-12(11)9-10/h2-8H,1H2. The van der Waals surface area contributed by atoms with Crippen molar-refractivity contribution < 1.29 is 0 Å². The maximum atomic E-state index is 3.71. The monoisotopic (exact) mass is 153 g/mol. The highest BCUT2D eigenvalue weighted by Gasteiger charge is 1.91. The lowest BCUT2D eigenvalue weighted by atomic mass is 10.1. The zero-order chi connectivity index (χ0) is 8.39. The first-order chi connectivity index (χ1) is 5.90. The molecule has 0 aliphatic rings. The van der Waals surface area contributed by atoms with Gasteiger partial charge in [-0.05, 0) is 22.4 Å². The molecule has 0 fully saturated rings. The zero-order valence-corrected chi connectivity index (χ0v) is 6.75. The SMILES string of the molecule is C=Cc1[c]c2ccccc2cc1. The number of rotatable bonds is 1. The fourth-order valence-electron chi connectivity index (χ4n) is 1.25. The first-order valence-corrected chi connectivity index (χ1v) is 3.93. The third-order valence-corrected chi connectivity index (χ3v) is 1.90. The fraction of sp³-hybridized carbons (Fsp3) is 0. The second-order valence-electron chi connectivity index (χ2n) is 2.71. The van der Waals surface area contributed by atoms with E-state index in [0.717, 1.165) is 10.9 Å². The van der Waals surface area contributed by atoms with Gasteiger partial charge in [-0.2, -0.15) is 0 Å². The van der Waals surface area contributed by atoms with E-state index in [0.29, 0.717) is 0 Å². The van der Waals surface area contributed by atoms with Gasteiger partial charge in [0.25, 0.3) is 0 Å². The Balaban J connectivity index is 2.75. The van der Waals surface area contributed by atoms with Crippen LogP contribution >= 0.6 is 0 Å². The number of fused-ring (bicyclic) bond motifs is 1. The van der Waals surface area contributed by atoms with Crippen molar-refractivity contribution in [1.82, 2.24) is 0 Å². The second kappa shape index (κ2) is 2.82. The van der Waals surface area contributed by atoms with Crippen LogP contribution < -0.4 is 0 Å². The van der Waals surface area contributed by atoms with Crippen LogP contribution in [0.15, 0.2) is 43.0 Å². The first kappa shape index (κ1) is 7.11. The van der Waals surface area contributed by atoms with Crippen molar-refractivity contribution in [1.29, 1.82) is 0 Å². The normalized spacial score (nSPS) is 10.0. The van der Waals surface area contributed by atoms with Crippen molar-refractivity contribution >= 4 is 16.8 Å². The van der Waals surface area contributed by atoms with Crippen LogP contribution in [0.2, 0.25) is 0 Å². The summed E-state index contributed by atoms with van der Waals surface area (Å²) in [4.78, 5) is 0. The van der Waals surface area contributed by atoms with Crippen LogP contribution in [0.1, 0.15) is 5.56 Å². The second-order valence-corrected chi connectivity index (χ2v) is 2.71. The smallest absolute Gasteiger partial charge is 0.00208 e. The van der Waals surface area contributed by atoms with Crippen molar-refractivity contribution in [3.63, 3.8) is 0 Å². The Morgan fingerprint density at radius 1 is 1.08 bits per heavy atom. The van der Waals surface area contributed by atoms with E-state index in [-0.39, 0.29) is 0 Å². The summed E-state index contributed by atoms with van der Waals surface area (Å²) in [5, 5.41) is 2.37. The average Bonchev–Trinajstić information content (AvgIpc) is 2.17. The van der Waals surface area contributed by atoms with Crippen molar-refractivity contribution in [2.45, 2.75) is 0 Å². The summed E-state index contributed by atoms with van der Waals surface area (Å²) in [5.74, 6) is 0. The Morgan fingerprint density at radius 3 is 2.75 bits per heavy atom. The predicted molar refractivity (Wildman–Crippen MR) is 52.9 cm³/mol. The van der Waals surface area contributed by atoms with Gasteiger partial charge in [-0.3, -0.25) is 0 Å². The molecule has 0 heteroatoms. The highest BCUT2D eigenvalue weighted by molar-refractivity contribution is 5.83. The molecule has 0 bridgehead atoms. The van der Waals surface area contributed by atoms with E-state index in [9.17, 15) is 0 Å². The summed E-state index contributed by atoms with van der Waals surface area (Å²) in [6.45, 7) is 3.71. The molecule has 0 nitrogen and oxygen atoms in total. The summed E-state index contributed by atoms with van der Waals surface area (Å²) in [7, 11) is 0. The number of hydrogen-bond donors (Lipinski definition) is 0. The summed E-state index contributed by atoms with van der Waals surface area (Å²) in [6.07, 6.45) is 1.81. The molecule has 0 aliphatic carbocycles. The molecule has 0 aromatic heterocycles. The molecule has 57 valence electrons. The molecule has 0 atom stereocenters. The molecule has 1 radical (unpaired) electrons. The lowest BCUT2D eigenvalue weighted by Gasteiger charge is -1.96. The summed E-state index contributed by atoms with van der Waals surface area (Å²) < 4.78 is 0. The van der Waals surface area contributed by atoms with Crippen LogP contribution in [0.25, 0.3) is 16.8 Å². The van der Waals surface area contributed by atoms with Gasteiger partial charge in [0.15, 0.2) is 0 Å². The molecule has 2 aromatic rings. The van der Waals surface area contributed by atoms with E-state index in [1.165, 1.54) is 5.39 Å². The first-order valence-electron chi connectivity index (χ1n) is 3.93. The van der Waals surface area contributed by atoms with Gasteiger partial charge >= 0.3 is 0 Å². The van der Waals surface area contributed by atoms with Crippen molar-refractivity contribution in [2.75, 3.05) is 0 Å². The molecule has 0 spiro atoms. The fourth-order valence-corrected chi connectivity index (χ4v) is 1.25. The van der Waals surface area contributed by atoms with Crippen molar-refractivity contribution in [3.05, 3.63) is 54.6 Å². The third-order valence-electron chi connectivity index (χ3n) is 1.90. The molecule has 0 saturated carbocycles. The zero-order valence-electron chi connectivity index (χ0n) is 6.75. The third kappa shape index (κ3) is 1.12.